The summed E-state index contributed by atoms with van der Waals surface area (Å²) in [6.07, 6.45) is 3.79. The number of hydrogen-bond acceptors (Lipinski definition) is 3. The first kappa shape index (κ1) is 16.7. The van der Waals surface area contributed by atoms with Crippen molar-refractivity contribution in [3.8, 4) is 5.75 Å². The van der Waals surface area contributed by atoms with Crippen LogP contribution < -0.4 is 4.74 Å². The lowest BCUT2D eigenvalue weighted by Gasteiger charge is -2.34. The summed E-state index contributed by atoms with van der Waals surface area (Å²) in [5, 5.41) is 0. The molecule has 0 saturated carbocycles. The maximum Gasteiger partial charge on any atom is 0.183 e. The Balaban J connectivity index is 1.49. The highest BCUT2D eigenvalue weighted by molar-refractivity contribution is 5.48. The Bertz CT molecular complexity index is 649. The van der Waals surface area contributed by atoms with E-state index in [-0.39, 0.29) is 11.7 Å². The third-order valence-corrected chi connectivity index (χ3v) is 3.86. The summed E-state index contributed by atoms with van der Waals surface area (Å²) < 4.78 is 17.3. The summed E-state index contributed by atoms with van der Waals surface area (Å²) in [4.78, 5) is 0. The largest absolute Gasteiger partial charge is 0.490 e. The summed E-state index contributed by atoms with van der Waals surface area (Å²) in [6.45, 7) is 6.24. The van der Waals surface area contributed by atoms with Gasteiger partial charge in [-0.2, -0.15) is 0 Å². The van der Waals surface area contributed by atoms with E-state index in [4.69, 9.17) is 14.2 Å². The van der Waals surface area contributed by atoms with Crippen molar-refractivity contribution < 1.29 is 14.2 Å². The molecule has 0 radical (unpaired) electrons. The molecule has 1 aliphatic rings. The quantitative estimate of drug-likeness (QED) is 0.787. The van der Waals surface area contributed by atoms with Crippen molar-refractivity contribution in [1.82, 2.24) is 0 Å². The number of ether oxygens (including phenoxy) is 3. The van der Waals surface area contributed by atoms with E-state index in [0.29, 0.717) is 19.8 Å². The molecule has 0 spiro atoms. The molecule has 3 rings (SSSR count). The Labute approximate surface area is 143 Å². The maximum absolute atomic E-state index is 5.79. The Hall–Kier alpha value is -2.10. The minimum absolute atomic E-state index is 0.0879. The second-order valence-electron chi connectivity index (χ2n) is 6.81. The van der Waals surface area contributed by atoms with Crippen LogP contribution in [0.2, 0.25) is 0 Å². The Morgan fingerprint density at radius 2 is 1.67 bits per heavy atom. The minimum Gasteiger partial charge on any atom is -0.490 e. The zero-order valence-electron chi connectivity index (χ0n) is 14.3. The van der Waals surface area contributed by atoms with E-state index < -0.39 is 0 Å². The molecule has 3 nitrogen and oxygen atoms in total. The molecule has 0 atom stereocenters. The first-order chi connectivity index (χ1) is 11.6. The van der Waals surface area contributed by atoms with Crippen molar-refractivity contribution in [3.05, 3.63) is 71.8 Å². The molecule has 0 N–H and O–H groups in total. The lowest BCUT2D eigenvalue weighted by atomic mass is 9.95. The maximum atomic E-state index is 5.79. The molecule has 0 unspecified atom stereocenters. The second kappa shape index (κ2) is 7.65. The van der Waals surface area contributed by atoms with E-state index >= 15 is 0 Å². The van der Waals surface area contributed by atoms with Gasteiger partial charge in [0.2, 0.25) is 0 Å². The van der Waals surface area contributed by atoms with E-state index in [0.717, 1.165) is 11.3 Å². The predicted molar refractivity (Wildman–Crippen MR) is 95.8 cm³/mol. The van der Waals surface area contributed by atoms with Crippen LogP contribution in [0.15, 0.2) is 60.7 Å². The van der Waals surface area contributed by atoms with Crippen LogP contribution in [0, 0.1) is 5.41 Å². The van der Waals surface area contributed by atoms with Crippen molar-refractivity contribution in [2.24, 2.45) is 5.41 Å². The lowest BCUT2D eigenvalue weighted by molar-refractivity contribution is -0.226. The van der Waals surface area contributed by atoms with Gasteiger partial charge in [-0.25, -0.2) is 0 Å². The Kier molecular flexibility index (Phi) is 5.34. The predicted octanol–water partition coefficient (Wildman–Crippen LogP) is 4.85. The topological polar surface area (TPSA) is 27.7 Å². The van der Waals surface area contributed by atoms with Gasteiger partial charge in [0, 0.05) is 11.0 Å². The highest BCUT2D eigenvalue weighted by Gasteiger charge is 2.29. The zero-order chi connectivity index (χ0) is 16.8. The molecule has 3 heteroatoms. The SMILES string of the molecule is CC1(C)COC(c2ccc(OC/C=C/c3ccccc3)cc2)OC1. The van der Waals surface area contributed by atoms with Crippen LogP contribution in [0.3, 0.4) is 0 Å². The van der Waals surface area contributed by atoms with Gasteiger partial charge < -0.3 is 14.2 Å². The lowest BCUT2D eigenvalue weighted by Crippen LogP contribution is -2.33. The number of hydrogen-bond donors (Lipinski definition) is 0. The molecule has 1 aliphatic heterocycles. The summed E-state index contributed by atoms with van der Waals surface area (Å²) in [6, 6.07) is 18.1. The molecule has 0 aliphatic carbocycles. The van der Waals surface area contributed by atoms with Gasteiger partial charge in [0.15, 0.2) is 6.29 Å². The van der Waals surface area contributed by atoms with Gasteiger partial charge in [0.1, 0.15) is 12.4 Å². The van der Waals surface area contributed by atoms with E-state index in [1.54, 1.807) is 0 Å². The van der Waals surface area contributed by atoms with Crippen molar-refractivity contribution in [2.45, 2.75) is 20.1 Å². The fourth-order valence-corrected chi connectivity index (χ4v) is 2.50. The average Bonchev–Trinajstić information content (AvgIpc) is 2.60. The van der Waals surface area contributed by atoms with Gasteiger partial charge in [-0.15, -0.1) is 0 Å². The Morgan fingerprint density at radius 3 is 2.33 bits per heavy atom. The van der Waals surface area contributed by atoms with Gasteiger partial charge in [0.05, 0.1) is 13.2 Å². The van der Waals surface area contributed by atoms with Gasteiger partial charge in [-0.05, 0) is 23.8 Å². The molecule has 1 heterocycles. The van der Waals surface area contributed by atoms with Crippen LogP contribution in [0.25, 0.3) is 6.08 Å². The standard InChI is InChI=1S/C21H24O3/c1-21(2)15-23-20(24-16-21)18-10-12-19(13-11-18)22-14-6-9-17-7-4-3-5-8-17/h3-13,20H,14-16H2,1-2H3/b9-6+. The van der Waals surface area contributed by atoms with Crippen LogP contribution in [0.5, 0.6) is 5.75 Å². The molecule has 126 valence electrons. The van der Waals surface area contributed by atoms with Crippen LogP contribution in [0.4, 0.5) is 0 Å². The number of benzene rings is 2. The summed E-state index contributed by atoms with van der Waals surface area (Å²) >= 11 is 0. The molecule has 0 aromatic heterocycles. The smallest absolute Gasteiger partial charge is 0.183 e. The molecular weight excluding hydrogens is 300 g/mol. The second-order valence-corrected chi connectivity index (χ2v) is 6.81. The molecule has 2 aromatic carbocycles. The summed E-state index contributed by atoms with van der Waals surface area (Å²) in [5.41, 5.74) is 2.29. The Morgan fingerprint density at radius 1 is 1.00 bits per heavy atom. The summed E-state index contributed by atoms with van der Waals surface area (Å²) in [7, 11) is 0. The first-order valence-electron chi connectivity index (χ1n) is 8.30. The van der Waals surface area contributed by atoms with Crippen molar-refractivity contribution in [2.75, 3.05) is 19.8 Å². The normalized spacial score (nSPS) is 17.9. The van der Waals surface area contributed by atoms with E-state index in [1.807, 2.05) is 48.5 Å². The summed E-state index contributed by atoms with van der Waals surface area (Å²) in [5.74, 6) is 0.840. The monoisotopic (exact) mass is 324 g/mol. The minimum atomic E-state index is -0.273. The van der Waals surface area contributed by atoms with E-state index in [1.165, 1.54) is 5.56 Å². The van der Waals surface area contributed by atoms with Crippen LogP contribution >= 0.6 is 0 Å². The molecule has 1 fully saturated rings. The highest BCUT2D eigenvalue weighted by atomic mass is 16.7. The fourth-order valence-electron chi connectivity index (χ4n) is 2.50. The molecule has 24 heavy (non-hydrogen) atoms. The third kappa shape index (κ3) is 4.70. The van der Waals surface area contributed by atoms with Crippen molar-refractivity contribution in [3.63, 3.8) is 0 Å². The van der Waals surface area contributed by atoms with Gasteiger partial charge in [-0.1, -0.05) is 62.4 Å². The van der Waals surface area contributed by atoms with Gasteiger partial charge in [0.25, 0.3) is 0 Å². The first-order valence-corrected chi connectivity index (χ1v) is 8.30. The number of rotatable bonds is 5. The van der Waals surface area contributed by atoms with Gasteiger partial charge >= 0.3 is 0 Å². The third-order valence-electron chi connectivity index (χ3n) is 3.86. The van der Waals surface area contributed by atoms with E-state index in [2.05, 4.69) is 32.1 Å². The fraction of sp³-hybridized carbons (Fsp3) is 0.333. The average molecular weight is 324 g/mol. The molecule has 2 aromatic rings. The van der Waals surface area contributed by atoms with Crippen LogP contribution in [-0.2, 0) is 9.47 Å². The van der Waals surface area contributed by atoms with Gasteiger partial charge in [-0.3, -0.25) is 0 Å². The van der Waals surface area contributed by atoms with Crippen LogP contribution in [-0.4, -0.2) is 19.8 Å². The molecule has 0 bridgehead atoms. The molecule has 0 amide bonds. The molecular formula is C21H24O3. The van der Waals surface area contributed by atoms with Crippen LogP contribution in [0.1, 0.15) is 31.3 Å². The highest BCUT2D eigenvalue weighted by Crippen LogP contribution is 2.31. The van der Waals surface area contributed by atoms with Crippen molar-refractivity contribution in [1.29, 1.82) is 0 Å². The van der Waals surface area contributed by atoms with E-state index in [9.17, 15) is 0 Å². The molecule has 1 saturated heterocycles. The van der Waals surface area contributed by atoms with Crippen molar-refractivity contribution >= 4 is 6.08 Å². The zero-order valence-corrected chi connectivity index (χ0v) is 14.3.